The predicted octanol–water partition coefficient (Wildman–Crippen LogP) is -0.765. The van der Waals surface area contributed by atoms with E-state index < -0.39 is 12.2 Å². The van der Waals surface area contributed by atoms with Gasteiger partial charge in [-0.05, 0) is 12.1 Å². The molecule has 2 aliphatic heterocycles. The molecular weight excluding hydrogens is 315 g/mol. The van der Waals surface area contributed by atoms with Crippen LogP contribution in [0.25, 0.3) is 0 Å². The molecule has 2 amide bonds. The molecule has 24 heavy (non-hydrogen) atoms. The number of nitrogens with one attached hydrogen (secondary N) is 4. The SMILES string of the molecule is CC(=O)N1CCN(C(=O)C2NNNC2Nc2ccccc2F)CC1. The zero-order valence-electron chi connectivity index (χ0n) is 13.4. The van der Waals surface area contributed by atoms with Crippen LogP contribution in [-0.2, 0) is 9.59 Å². The fourth-order valence-electron chi connectivity index (χ4n) is 2.87. The maximum Gasteiger partial charge on any atom is 0.244 e. The van der Waals surface area contributed by atoms with Crippen molar-refractivity contribution in [3.05, 3.63) is 30.1 Å². The number of anilines is 1. The summed E-state index contributed by atoms with van der Waals surface area (Å²) in [6, 6.07) is 5.71. The summed E-state index contributed by atoms with van der Waals surface area (Å²) < 4.78 is 13.8. The van der Waals surface area contributed by atoms with Gasteiger partial charge in [0.2, 0.25) is 11.8 Å². The lowest BCUT2D eigenvalue weighted by Crippen LogP contribution is -2.57. The van der Waals surface area contributed by atoms with Crippen LogP contribution in [0.2, 0.25) is 0 Å². The molecule has 0 radical (unpaired) electrons. The molecule has 0 spiro atoms. The first-order valence-electron chi connectivity index (χ1n) is 7.87. The number of amides is 2. The van der Waals surface area contributed by atoms with Crippen LogP contribution >= 0.6 is 0 Å². The number of carbonyl (C=O) groups is 2. The molecule has 0 bridgehead atoms. The van der Waals surface area contributed by atoms with E-state index in [1.54, 1.807) is 28.0 Å². The van der Waals surface area contributed by atoms with E-state index >= 15 is 0 Å². The number of rotatable bonds is 3. The van der Waals surface area contributed by atoms with Crippen LogP contribution in [0.4, 0.5) is 10.1 Å². The second-order valence-electron chi connectivity index (χ2n) is 5.82. The Morgan fingerprint density at radius 2 is 1.79 bits per heavy atom. The second kappa shape index (κ2) is 7.12. The fourth-order valence-corrected chi connectivity index (χ4v) is 2.87. The number of hydrogen-bond donors (Lipinski definition) is 4. The molecule has 8 nitrogen and oxygen atoms in total. The Kier molecular flexibility index (Phi) is 4.93. The molecule has 2 fully saturated rings. The summed E-state index contributed by atoms with van der Waals surface area (Å²) in [5.41, 5.74) is 8.77. The monoisotopic (exact) mass is 336 g/mol. The van der Waals surface area contributed by atoms with Gasteiger partial charge in [0, 0.05) is 33.1 Å². The van der Waals surface area contributed by atoms with Gasteiger partial charge in [-0.2, -0.15) is 5.53 Å². The van der Waals surface area contributed by atoms with E-state index in [0.29, 0.717) is 31.9 Å². The number of hydrogen-bond acceptors (Lipinski definition) is 6. The Balaban J connectivity index is 1.62. The van der Waals surface area contributed by atoms with Gasteiger partial charge in [0.05, 0.1) is 5.69 Å². The van der Waals surface area contributed by atoms with E-state index in [0.717, 1.165) is 0 Å². The van der Waals surface area contributed by atoms with Gasteiger partial charge in [-0.3, -0.25) is 9.59 Å². The molecule has 0 saturated carbocycles. The zero-order valence-corrected chi connectivity index (χ0v) is 13.4. The third-order valence-corrected chi connectivity index (χ3v) is 4.28. The van der Waals surface area contributed by atoms with Crippen LogP contribution in [0.5, 0.6) is 0 Å². The molecule has 3 rings (SSSR count). The van der Waals surface area contributed by atoms with Gasteiger partial charge in [0.25, 0.3) is 0 Å². The molecule has 1 aromatic rings. The standard InChI is InChI=1S/C15H21FN6O2/c1-10(23)21-6-8-22(9-7-21)15(24)13-14(19-20-18-13)17-12-5-3-2-4-11(12)16/h2-5,13-14,17-20H,6-9H2,1H3. The Hall–Kier alpha value is -2.23. The zero-order chi connectivity index (χ0) is 17.1. The third kappa shape index (κ3) is 3.48. The van der Waals surface area contributed by atoms with Crippen LogP contribution in [0, 0.1) is 5.82 Å². The van der Waals surface area contributed by atoms with Gasteiger partial charge in [-0.1, -0.05) is 12.1 Å². The summed E-state index contributed by atoms with van der Waals surface area (Å²) in [5, 5.41) is 2.98. The van der Waals surface area contributed by atoms with Crippen molar-refractivity contribution >= 4 is 17.5 Å². The molecule has 2 heterocycles. The molecule has 0 aliphatic carbocycles. The molecule has 2 aliphatic rings. The highest BCUT2D eigenvalue weighted by molar-refractivity contribution is 5.84. The topological polar surface area (TPSA) is 88.7 Å². The van der Waals surface area contributed by atoms with E-state index in [1.165, 1.54) is 13.0 Å². The number of hydrazine groups is 2. The minimum absolute atomic E-state index is 0.0171. The van der Waals surface area contributed by atoms with Gasteiger partial charge in [-0.15, -0.1) is 0 Å². The smallest absolute Gasteiger partial charge is 0.244 e. The van der Waals surface area contributed by atoms with Crippen molar-refractivity contribution in [1.29, 1.82) is 0 Å². The van der Waals surface area contributed by atoms with Gasteiger partial charge in [-0.25, -0.2) is 15.2 Å². The molecular formula is C15H21FN6O2. The third-order valence-electron chi connectivity index (χ3n) is 4.28. The van der Waals surface area contributed by atoms with Crippen LogP contribution < -0.4 is 21.7 Å². The van der Waals surface area contributed by atoms with Gasteiger partial charge >= 0.3 is 0 Å². The van der Waals surface area contributed by atoms with Gasteiger partial charge < -0.3 is 15.1 Å². The van der Waals surface area contributed by atoms with Crippen LogP contribution in [0.15, 0.2) is 24.3 Å². The Bertz CT molecular complexity index is 620. The molecule has 130 valence electrons. The molecule has 2 saturated heterocycles. The summed E-state index contributed by atoms with van der Waals surface area (Å²) >= 11 is 0. The lowest BCUT2D eigenvalue weighted by molar-refractivity contribution is -0.139. The highest BCUT2D eigenvalue weighted by Gasteiger charge is 2.37. The molecule has 1 aromatic carbocycles. The summed E-state index contributed by atoms with van der Waals surface area (Å²) in [6.45, 7) is 3.56. The lowest BCUT2D eigenvalue weighted by atomic mass is 10.1. The van der Waals surface area contributed by atoms with Gasteiger partial charge in [0.1, 0.15) is 18.0 Å². The maximum atomic E-state index is 13.8. The Morgan fingerprint density at radius 1 is 1.12 bits per heavy atom. The number of piperazine rings is 1. The van der Waals surface area contributed by atoms with Crippen molar-refractivity contribution < 1.29 is 14.0 Å². The molecule has 2 unspecified atom stereocenters. The van der Waals surface area contributed by atoms with Crippen LogP contribution in [0.3, 0.4) is 0 Å². The highest BCUT2D eigenvalue weighted by Crippen LogP contribution is 2.16. The molecule has 9 heteroatoms. The lowest BCUT2D eigenvalue weighted by Gasteiger charge is -2.36. The quantitative estimate of drug-likeness (QED) is 0.580. The highest BCUT2D eigenvalue weighted by atomic mass is 19.1. The first-order chi connectivity index (χ1) is 11.6. The first kappa shape index (κ1) is 16.6. The average Bonchev–Trinajstić information content (AvgIpc) is 3.04. The Labute approximate surface area is 139 Å². The number of nitrogens with zero attached hydrogens (tertiary/aromatic N) is 2. The summed E-state index contributed by atoms with van der Waals surface area (Å²) in [4.78, 5) is 27.5. The molecule has 4 N–H and O–H groups in total. The molecule has 0 aromatic heterocycles. The summed E-state index contributed by atoms with van der Waals surface area (Å²) in [5.74, 6) is -0.472. The van der Waals surface area contributed by atoms with Gasteiger partial charge in [0.15, 0.2) is 0 Å². The Morgan fingerprint density at radius 3 is 2.46 bits per heavy atom. The first-order valence-corrected chi connectivity index (χ1v) is 7.87. The van der Waals surface area contributed by atoms with Crippen LogP contribution in [-0.4, -0.2) is 60.0 Å². The van der Waals surface area contributed by atoms with E-state index in [-0.39, 0.29) is 17.6 Å². The predicted molar refractivity (Wildman–Crippen MR) is 85.8 cm³/mol. The van der Waals surface area contributed by atoms with E-state index in [9.17, 15) is 14.0 Å². The second-order valence-corrected chi connectivity index (χ2v) is 5.82. The largest absolute Gasteiger partial charge is 0.365 e. The van der Waals surface area contributed by atoms with Crippen molar-refractivity contribution in [3.8, 4) is 0 Å². The van der Waals surface area contributed by atoms with Crippen LogP contribution in [0.1, 0.15) is 6.92 Å². The minimum Gasteiger partial charge on any atom is -0.365 e. The summed E-state index contributed by atoms with van der Waals surface area (Å²) in [7, 11) is 0. The van der Waals surface area contributed by atoms with Crippen molar-refractivity contribution in [2.24, 2.45) is 0 Å². The number of benzene rings is 1. The average molecular weight is 336 g/mol. The maximum absolute atomic E-state index is 13.8. The fraction of sp³-hybridized carbons (Fsp3) is 0.467. The van der Waals surface area contributed by atoms with E-state index in [4.69, 9.17) is 0 Å². The summed E-state index contributed by atoms with van der Waals surface area (Å²) in [6.07, 6.45) is -0.500. The van der Waals surface area contributed by atoms with Crippen molar-refractivity contribution in [2.45, 2.75) is 19.1 Å². The van der Waals surface area contributed by atoms with Crippen molar-refractivity contribution in [1.82, 2.24) is 26.2 Å². The minimum atomic E-state index is -0.589. The normalized spacial score (nSPS) is 24.1. The van der Waals surface area contributed by atoms with Crippen molar-refractivity contribution in [3.63, 3.8) is 0 Å². The molecule has 2 atom stereocenters. The number of carbonyl (C=O) groups excluding carboxylic acids is 2. The van der Waals surface area contributed by atoms with E-state index in [1.807, 2.05) is 0 Å². The number of para-hydroxylation sites is 1. The van der Waals surface area contributed by atoms with Crippen molar-refractivity contribution in [2.75, 3.05) is 31.5 Å². The van der Waals surface area contributed by atoms with E-state index in [2.05, 4.69) is 21.7 Å². The number of halogens is 1.